The maximum atomic E-state index is 12.7. The van der Waals surface area contributed by atoms with Gasteiger partial charge in [-0.15, -0.1) is 0 Å². The van der Waals surface area contributed by atoms with E-state index in [1.807, 2.05) is 0 Å². The topological polar surface area (TPSA) is 182 Å². The van der Waals surface area contributed by atoms with Crippen molar-refractivity contribution in [2.45, 2.75) is 15.4 Å². The zero-order chi connectivity index (χ0) is 23.6. The highest BCUT2D eigenvalue weighted by Crippen LogP contribution is 2.59. The SMILES string of the molecule is C=CC1=C(C=C)C2(OC1=O)c1ccc(N)c(S(=O)[O-])c1Oc1c2ccc(N)c1S(=O)(=O)O. The third kappa shape index (κ3) is 2.74. The Morgan fingerprint density at radius 2 is 1.66 bits per heavy atom. The zero-order valence-corrected chi connectivity index (χ0v) is 17.8. The second-order valence-electron chi connectivity index (χ2n) is 6.84. The lowest BCUT2D eigenvalue weighted by molar-refractivity contribution is -0.144. The number of ether oxygens (including phenoxy) is 2. The number of anilines is 2. The highest BCUT2D eigenvalue weighted by atomic mass is 32.2. The molecule has 2 unspecified atom stereocenters. The molecule has 2 aromatic rings. The van der Waals surface area contributed by atoms with E-state index in [1.165, 1.54) is 36.4 Å². The van der Waals surface area contributed by atoms with E-state index in [1.54, 1.807) is 0 Å². The summed E-state index contributed by atoms with van der Waals surface area (Å²) in [6.07, 6.45) is 2.53. The van der Waals surface area contributed by atoms with Crippen LogP contribution in [0.2, 0.25) is 0 Å². The number of benzene rings is 2. The van der Waals surface area contributed by atoms with Crippen molar-refractivity contribution in [2.24, 2.45) is 0 Å². The number of carbonyl (C=O) groups is 1. The summed E-state index contributed by atoms with van der Waals surface area (Å²) in [6.45, 7) is 7.32. The van der Waals surface area contributed by atoms with Gasteiger partial charge in [0, 0.05) is 16.7 Å². The van der Waals surface area contributed by atoms with Crippen LogP contribution in [0.15, 0.2) is 70.5 Å². The van der Waals surface area contributed by atoms with Crippen LogP contribution in [0.3, 0.4) is 0 Å². The number of fused-ring (bicyclic) bond motifs is 4. The normalized spacial score (nSPS) is 20.2. The van der Waals surface area contributed by atoms with Gasteiger partial charge in [0.15, 0.2) is 22.0 Å². The van der Waals surface area contributed by atoms with Crippen LogP contribution in [0.1, 0.15) is 11.1 Å². The number of rotatable bonds is 4. The molecular formula is C20H15N2O8S2-. The number of nitrogen functional groups attached to an aromatic ring is 2. The van der Waals surface area contributed by atoms with E-state index in [-0.39, 0.29) is 33.6 Å². The molecule has 2 aliphatic heterocycles. The first-order valence-corrected chi connectivity index (χ1v) is 11.3. The maximum absolute atomic E-state index is 12.7. The van der Waals surface area contributed by atoms with Gasteiger partial charge in [-0.05, 0) is 35.3 Å². The second kappa shape index (κ2) is 7.03. The number of hydrogen-bond acceptors (Lipinski definition) is 9. The molecule has 0 aliphatic carbocycles. The largest absolute Gasteiger partial charge is 0.768 e. The molecule has 2 aliphatic rings. The summed E-state index contributed by atoms with van der Waals surface area (Å²) in [6, 6.07) is 5.19. The number of esters is 1. The minimum atomic E-state index is -4.96. The highest BCUT2D eigenvalue weighted by Gasteiger charge is 2.55. The molecule has 10 nitrogen and oxygen atoms in total. The fourth-order valence-corrected chi connectivity index (χ4v) is 5.31. The van der Waals surface area contributed by atoms with Gasteiger partial charge in [0.1, 0.15) is 0 Å². The molecule has 2 aromatic carbocycles. The molecule has 2 heterocycles. The molecule has 0 saturated heterocycles. The third-order valence-corrected chi connectivity index (χ3v) is 6.91. The van der Waals surface area contributed by atoms with Gasteiger partial charge in [-0.25, -0.2) is 4.79 Å². The number of hydrogen-bond donors (Lipinski definition) is 3. The van der Waals surface area contributed by atoms with Gasteiger partial charge in [0.05, 0.1) is 21.8 Å². The molecule has 4 rings (SSSR count). The van der Waals surface area contributed by atoms with E-state index in [0.717, 1.165) is 0 Å². The van der Waals surface area contributed by atoms with Gasteiger partial charge in [-0.1, -0.05) is 25.3 Å². The molecule has 2 atom stereocenters. The summed E-state index contributed by atoms with van der Waals surface area (Å²) in [5.74, 6) is -1.73. The van der Waals surface area contributed by atoms with E-state index in [9.17, 15) is 26.5 Å². The predicted octanol–water partition coefficient (Wildman–Crippen LogP) is 1.91. The van der Waals surface area contributed by atoms with Gasteiger partial charge < -0.3 is 25.5 Å². The molecule has 5 N–H and O–H groups in total. The Bertz CT molecular complexity index is 1410. The van der Waals surface area contributed by atoms with E-state index in [2.05, 4.69) is 13.2 Å². The summed E-state index contributed by atoms with van der Waals surface area (Å²) < 4.78 is 69.5. The summed E-state index contributed by atoms with van der Waals surface area (Å²) in [5, 5.41) is 0. The maximum Gasteiger partial charge on any atom is 0.340 e. The third-order valence-electron chi connectivity index (χ3n) is 5.22. The van der Waals surface area contributed by atoms with E-state index in [4.69, 9.17) is 20.9 Å². The Balaban J connectivity index is 2.27. The van der Waals surface area contributed by atoms with E-state index < -0.39 is 54.1 Å². The standard InChI is InChI=1S/C20H16N2O8S2/c1-3-9-10(4-2)20(30-19(9)23)11-5-7-13(21)17(31(24)25)15(11)29-16-12(20)6-8-14(22)18(16)32(26,27)28/h3-8H,1-2,21-22H2,(H,24,25)(H,26,27,28)/p-1. The van der Waals surface area contributed by atoms with Crippen molar-refractivity contribution in [2.75, 3.05) is 11.5 Å². The zero-order valence-electron chi connectivity index (χ0n) is 16.2. The van der Waals surface area contributed by atoms with Crippen molar-refractivity contribution >= 4 is 38.5 Å². The van der Waals surface area contributed by atoms with Crippen LogP contribution in [0.5, 0.6) is 11.5 Å². The van der Waals surface area contributed by atoms with E-state index >= 15 is 0 Å². The van der Waals surface area contributed by atoms with Crippen LogP contribution in [0, 0.1) is 0 Å². The van der Waals surface area contributed by atoms with Gasteiger partial charge in [0.2, 0.25) is 0 Å². The Morgan fingerprint density at radius 1 is 1.06 bits per heavy atom. The van der Waals surface area contributed by atoms with Crippen molar-refractivity contribution in [1.82, 2.24) is 0 Å². The Kier molecular flexibility index (Phi) is 4.78. The molecule has 0 bridgehead atoms. The first-order valence-electron chi connectivity index (χ1n) is 8.82. The lowest BCUT2D eigenvalue weighted by Gasteiger charge is -2.38. The molecule has 166 valence electrons. The molecule has 32 heavy (non-hydrogen) atoms. The number of nitrogens with two attached hydrogens (primary N) is 2. The minimum Gasteiger partial charge on any atom is -0.768 e. The Labute approximate surface area is 184 Å². The molecular weight excluding hydrogens is 460 g/mol. The second-order valence-corrected chi connectivity index (χ2v) is 9.08. The molecule has 0 saturated carbocycles. The summed E-state index contributed by atoms with van der Waals surface area (Å²) in [5.41, 5.74) is 9.36. The van der Waals surface area contributed by atoms with Crippen molar-refractivity contribution in [1.29, 1.82) is 0 Å². The quantitative estimate of drug-likeness (QED) is 0.255. The number of carbonyl (C=O) groups excluding carboxylic acids is 1. The average Bonchev–Trinajstić information content (AvgIpc) is 2.97. The lowest BCUT2D eigenvalue weighted by atomic mass is 9.77. The highest BCUT2D eigenvalue weighted by molar-refractivity contribution is 7.86. The van der Waals surface area contributed by atoms with Gasteiger partial charge in [-0.3, -0.25) is 8.76 Å². The van der Waals surface area contributed by atoms with Crippen LogP contribution >= 0.6 is 0 Å². The summed E-state index contributed by atoms with van der Waals surface area (Å²) >= 11 is -2.93. The monoisotopic (exact) mass is 475 g/mol. The molecule has 0 amide bonds. The molecule has 0 fully saturated rings. The van der Waals surface area contributed by atoms with Crippen molar-refractivity contribution < 1.29 is 36.0 Å². The first kappa shape index (κ1) is 21.8. The summed E-state index contributed by atoms with van der Waals surface area (Å²) in [7, 11) is -4.96. The smallest absolute Gasteiger partial charge is 0.340 e. The van der Waals surface area contributed by atoms with Crippen molar-refractivity contribution in [3.8, 4) is 11.5 Å². The van der Waals surface area contributed by atoms with E-state index in [0.29, 0.717) is 0 Å². The predicted molar refractivity (Wildman–Crippen MR) is 113 cm³/mol. The molecule has 1 spiro atoms. The molecule has 12 heteroatoms. The van der Waals surface area contributed by atoms with Crippen molar-refractivity contribution in [3.05, 3.63) is 71.8 Å². The Hall–Kier alpha value is -3.45. The first-order chi connectivity index (χ1) is 15.0. The fraction of sp³-hybridized carbons (Fsp3) is 0.0500. The van der Waals surface area contributed by atoms with Gasteiger partial charge in [0.25, 0.3) is 10.1 Å². The minimum absolute atomic E-state index is 0.0191. The summed E-state index contributed by atoms with van der Waals surface area (Å²) in [4.78, 5) is 11.4. The average molecular weight is 475 g/mol. The van der Waals surface area contributed by atoms with Crippen LogP contribution in [0.4, 0.5) is 11.4 Å². The fourth-order valence-electron chi connectivity index (χ4n) is 3.99. The van der Waals surface area contributed by atoms with Crippen LogP contribution < -0.4 is 16.2 Å². The van der Waals surface area contributed by atoms with Crippen LogP contribution in [-0.2, 0) is 36.3 Å². The van der Waals surface area contributed by atoms with Crippen molar-refractivity contribution in [3.63, 3.8) is 0 Å². The van der Waals surface area contributed by atoms with Crippen LogP contribution in [0.25, 0.3) is 0 Å². The van der Waals surface area contributed by atoms with Gasteiger partial charge in [-0.2, -0.15) is 8.42 Å². The Morgan fingerprint density at radius 3 is 2.19 bits per heavy atom. The molecule has 0 aromatic heterocycles. The molecule has 0 radical (unpaired) electrons. The van der Waals surface area contributed by atoms with Gasteiger partial charge >= 0.3 is 5.97 Å². The van der Waals surface area contributed by atoms with Crippen LogP contribution in [-0.4, -0.2) is 27.7 Å². The lowest BCUT2D eigenvalue weighted by Crippen LogP contribution is -2.35.